The van der Waals surface area contributed by atoms with Gasteiger partial charge in [0, 0.05) is 11.7 Å². The maximum absolute atomic E-state index is 13.7. The van der Waals surface area contributed by atoms with Crippen LogP contribution in [0.2, 0.25) is 0 Å². The van der Waals surface area contributed by atoms with Gasteiger partial charge in [-0.2, -0.15) is 0 Å². The zero-order valence-electron chi connectivity index (χ0n) is 19.1. The Balaban J connectivity index is 1.76. The molecule has 1 fully saturated rings. The third-order valence-corrected chi connectivity index (χ3v) is 6.09. The average molecular weight is 461 g/mol. The number of nitrogens with one attached hydrogen (secondary N) is 1. The second-order valence-corrected chi connectivity index (χ2v) is 8.35. The Kier molecular flexibility index (Phi) is 7.42. The molecule has 1 unspecified atom stereocenters. The number of hydrogen-bond donors (Lipinski definition) is 1. The first-order valence-corrected chi connectivity index (χ1v) is 11.5. The maximum atomic E-state index is 13.7. The molecule has 2 amide bonds. The van der Waals surface area contributed by atoms with Gasteiger partial charge in [0.15, 0.2) is 5.76 Å². The van der Waals surface area contributed by atoms with Gasteiger partial charge in [0.05, 0.1) is 18.9 Å². The van der Waals surface area contributed by atoms with Crippen LogP contribution in [0.4, 0.5) is 5.69 Å². The maximum Gasteiger partial charge on any atom is 0.337 e. The number of furan rings is 1. The highest BCUT2D eigenvalue weighted by atomic mass is 16.5. The van der Waals surface area contributed by atoms with E-state index in [-0.39, 0.29) is 17.7 Å². The third kappa shape index (κ3) is 5.20. The van der Waals surface area contributed by atoms with Crippen LogP contribution in [0.25, 0.3) is 0 Å². The molecular formula is C27H28N2O5. The minimum absolute atomic E-state index is 0.0785. The average Bonchev–Trinajstić information content (AvgIpc) is 3.43. The van der Waals surface area contributed by atoms with Crippen LogP contribution >= 0.6 is 0 Å². The summed E-state index contributed by atoms with van der Waals surface area (Å²) < 4.78 is 10.2. The van der Waals surface area contributed by atoms with E-state index in [9.17, 15) is 14.4 Å². The number of carbonyl (C=O) groups is 3. The Morgan fingerprint density at radius 2 is 1.65 bits per heavy atom. The highest BCUT2D eigenvalue weighted by Crippen LogP contribution is 2.31. The molecule has 1 heterocycles. The van der Waals surface area contributed by atoms with Gasteiger partial charge in [-0.05, 0) is 54.8 Å². The molecule has 4 rings (SSSR count). The van der Waals surface area contributed by atoms with Gasteiger partial charge in [-0.25, -0.2) is 4.79 Å². The molecule has 1 aliphatic carbocycles. The molecule has 2 aromatic carbocycles. The molecule has 176 valence electrons. The lowest BCUT2D eigenvalue weighted by Gasteiger charge is -2.33. The third-order valence-electron chi connectivity index (χ3n) is 6.09. The van der Waals surface area contributed by atoms with Gasteiger partial charge in [0.1, 0.15) is 6.04 Å². The van der Waals surface area contributed by atoms with E-state index < -0.39 is 17.9 Å². The van der Waals surface area contributed by atoms with Gasteiger partial charge in [0.25, 0.3) is 5.91 Å². The summed E-state index contributed by atoms with van der Waals surface area (Å²) >= 11 is 0. The van der Waals surface area contributed by atoms with Gasteiger partial charge in [-0.15, -0.1) is 0 Å². The van der Waals surface area contributed by atoms with Gasteiger partial charge in [0.2, 0.25) is 5.91 Å². The van der Waals surface area contributed by atoms with Crippen LogP contribution in [0.15, 0.2) is 77.4 Å². The van der Waals surface area contributed by atoms with E-state index >= 15 is 0 Å². The Morgan fingerprint density at radius 1 is 0.941 bits per heavy atom. The number of amides is 2. The molecule has 1 atom stereocenters. The molecule has 0 spiro atoms. The van der Waals surface area contributed by atoms with E-state index in [0.717, 1.165) is 25.7 Å². The number of benzene rings is 2. The quantitative estimate of drug-likeness (QED) is 0.507. The fourth-order valence-corrected chi connectivity index (χ4v) is 4.36. The topological polar surface area (TPSA) is 88.8 Å². The van der Waals surface area contributed by atoms with Crippen molar-refractivity contribution in [2.75, 3.05) is 12.0 Å². The lowest BCUT2D eigenvalue weighted by Crippen LogP contribution is -2.47. The van der Waals surface area contributed by atoms with Crippen LogP contribution in [0.5, 0.6) is 0 Å². The predicted octanol–water partition coefficient (Wildman–Crippen LogP) is 4.90. The molecule has 0 saturated heterocycles. The summed E-state index contributed by atoms with van der Waals surface area (Å²) in [6, 6.07) is 18.0. The summed E-state index contributed by atoms with van der Waals surface area (Å²) in [5.41, 5.74) is 1.48. The number of esters is 1. The van der Waals surface area contributed by atoms with Gasteiger partial charge in [-0.1, -0.05) is 49.6 Å². The second-order valence-electron chi connectivity index (χ2n) is 8.35. The Hall–Kier alpha value is -3.87. The molecule has 1 aromatic heterocycles. The van der Waals surface area contributed by atoms with E-state index in [4.69, 9.17) is 9.15 Å². The van der Waals surface area contributed by atoms with Crippen LogP contribution < -0.4 is 10.2 Å². The van der Waals surface area contributed by atoms with Crippen molar-refractivity contribution < 1.29 is 23.5 Å². The summed E-state index contributed by atoms with van der Waals surface area (Å²) in [6.45, 7) is 0. The molecule has 1 saturated carbocycles. The van der Waals surface area contributed by atoms with Crippen molar-refractivity contribution in [3.05, 3.63) is 89.9 Å². The van der Waals surface area contributed by atoms with E-state index in [2.05, 4.69) is 5.32 Å². The SMILES string of the molecule is COC(=O)c1ccc(N(C(=O)c2ccco2)C(C(=O)NC2CCCCC2)c2ccccc2)cc1. The molecule has 34 heavy (non-hydrogen) atoms. The zero-order chi connectivity index (χ0) is 23.9. The monoisotopic (exact) mass is 460 g/mol. The summed E-state index contributed by atoms with van der Waals surface area (Å²) in [7, 11) is 1.31. The van der Waals surface area contributed by atoms with Crippen LogP contribution in [0.3, 0.4) is 0 Å². The number of nitrogens with zero attached hydrogens (tertiary/aromatic N) is 1. The number of anilines is 1. The summed E-state index contributed by atoms with van der Waals surface area (Å²) in [6.07, 6.45) is 6.59. The number of carbonyl (C=O) groups excluding carboxylic acids is 3. The van der Waals surface area contributed by atoms with Crippen molar-refractivity contribution in [1.29, 1.82) is 0 Å². The minimum atomic E-state index is -0.926. The van der Waals surface area contributed by atoms with Crippen LogP contribution in [0, 0.1) is 0 Å². The van der Waals surface area contributed by atoms with Crippen LogP contribution in [-0.2, 0) is 9.53 Å². The fraction of sp³-hybridized carbons (Fsp3) is 0.296. The van der Waals surface area contributed by atoms with E-state index in [0.29, 0.717) is 16.8 Å². The number of methoxy groups -OCH3 is 1. The number of rotatable bonds is 7. The predicted molar refractivity (Wildman–Crippen MR) is 127 cm³/mol. The normalized spacial score (nSPS) is 14.7. The highest BCUT2D eigenvalue weighted by molar-refractivity contribution is 6.09. The van der Waals surface area contributed by atoms with Gasteiger partial charge >= 0.3 is 5.97 Å². The molecule has 1 aliphatic rings. The minimum Gasteiger partial charge on any atom is -0.465 e. The fourth-order valence-electron chi connectivity index (χ4n) is 4.36. The first-order valence-electron chi connectivity index (χ1n) is 11.5. The second kappa shape index (κ2) is 10.8. The first-order chi connectivity index (χ1) is 16.6. The summed E-state index contributed by atoms with van der Waals surface area (Å²) in [5, 5.41) is 3.17. The van der Waals surface area contributed by atoms with E-state index in [1.807, 2.05) is 30.3 Å². The first kappa shape index (κ1) is 23.3. The van der Waals surface area contributed by atoms with Crippen molar-refractivity contribution in [3.8, 4) is 0 Å². The Labute approximate surface area is 198 Å². The lowest BCUT2D eigenvalue weighted by atomic mass is 9.94. The molecule has 1 N–H and O–H groups in total. The van der Waals surface area contributed by atoms with Crippen molar-refractivity contribution in [3.63, 3.8) is 0 Å². The molecule has 7 nitrogen and oxygen atoms in total. The molecule has 0 aliphatic heterocycles. The number of ether oxygens (including phenoxy) is 1. The van der Waals surface area contributed by atoms with Crippen molar-refractivity contribution in [1.82, 2.24) is 5.32 Å². The van der Waals surface area contributed by atoms with Crippen molar-refractivity contribution in [2.45, 2.75) is 44.2 Å². The molecule has 0 bridgehead atoms. The molecule has 3 aromatic rings. The van der Waals surface area contributed by atoms with Gasteiger partial charge < -0.3 is 14.5 Å². The van der Waals surface area contributed by atoms with Gasteiger partial charge in [-0.3, -0.25) is 14.5 Å². The van der Waals surface area contributed by atoms with Crippen LogP contribution in [-0.4, -0.2) is 30.9 Å². The Morgan fingerprint density at radius 3 is 2.26 bits per heavy atom. The van der Waals surface area contributed by atoms with E-state index in [1.54, 1.807) is 36.4 Å². The smallest absolute Gasteiger partial charge is 0.337 e. The zero-order valence-corrected chi connectivity index (χ0v) is 19.1. The standard InChI is InChI=1S/C27H28N2O5/c1-33-27(32)20-14-16-22(17-15-20)29(26(31)23-13-8-18-34-23)24(19-9-4-2-5-10-19)25(30)28-21-11-6-3-7-12-21/h2,4-5,8-10,13-18,21,24H,3,6-7,11-12H2,1H3,(H,28,30). The Bertz CT molecular complexity index is 1100. The molecule has 7 heteroatoms. The van der Waals surface area contributed by atoms with E-state index in [1.165, 1.54) is 24.7 Å². The molecular weight excluding hydrogens is 432 g/mol. The van der Waals surface area contributed by atoms with Crippen molar-refractivity contribution >= 4 is 23.5 Å². The van der Waals surface area contributed by atoms with Crippen molar-refractivity contribution in [2.24, 2.45) is 0 Å². The number of hydrogen-bond acceptors (Lipinski definition) is 5. The summed E-state index contributed by atoms with van der Waals surface area (Å²) in [4.78, 5) is 40.7. The summed E-state index contributed by atoms with van der Waals surface area (Å²) in [5.74, 6) is -1.08. The largest absolute Gasteiger partial charge is 0.465 e. The lowest BCUT2D eigenvalue weighted by molar-refractivity contribution is -0.123. The van der Waals surface area contributed by atoms with Crippen LogP contribution in [0.1, 0.15) is 64.6 Å². The molecule has 0 radical (unpaired) electrons. The highest BCUT2D eigenvalue weighted by Gasteiger charge is 2.35.